The maximum atomic E-state index is 4.36. The Kier molecular flexibility index (Phi) is 4.37. The van der Waals surface area contributed by atoms with Crippen LogP contribution >= 0.6 is 0 Å². The number of rotatable bonds is 3. The van der Waals surface area contributed by atoms with Crippen molar-refractivity contribution in [2.24, 2.45) is 10.9 Å². The third-order valence-corrected chi connectivity index (χ3v) is 1.39. The molecule has 0 saturated heterocycles. The van der Waals surface area contributed by atoms with Gasteiger partial charge in [0.1, 0.15) is 0 Å². The monoisotopic (exact) mass is 127 g/mol. The lowest BCUT2D eigenvalue weighted by Gasteiger charge is -2.05. The van der Waals surface area contributed by atoms with E-state index in [0.717, 1.165) is 13.0 Å². The van der Waals surface area contributed by atoms with E-state index in [1.807, 2.05) is 0 Å². The summed E-state index contributed by atoms with van der Waals surface area (Å²) in [6.45, 7) is 9.56. The van der Waals surface area contributed by atoms with Crippen molar-refractivity contribution in [3.63, 3.8) is 0 Å². The Morgan fingerprint density at radius 3 is 2.00 bits per heavy atom. The highest BCUT2D eigenvalue weighted by atomic mass is 14.7. The number of hydrogen-bond donors (Lipinski definition) is 0. The summed E-state index contributed by atoms with van der Waals surface area (Å²) >= 11 is 0. The van der Waals surface area contributed by atoms with E-state index in [4.69, 9.17) is 0 Å². The van der Waals surface area contributed by atoms with Gasteiger partial charge in [-0.15, -0.1) is 0 Å². The predicted molar refractivity (Wildman–Crippen MR) is 43.1 cm³/mol. The van der Waals surface area contributed by atoms with Crippen LogP contribution in [0.4, 0.5) is 0 Å². The normalized spacial score (nSPS) is 12.8. The Morgan fingerprint density at radius 2 is 1.89 bits per heavy atom. The third-order valence-electron chi connectivity index (χ3n) is 1.39. The van der Waals surface area contributed by atoms with E-state index < -0.39 is 0 Å². The first kappa shape index (κ1) is 8.67. The predicted octanol–water partition coefficient (Wildman–Crippen LogP) is 2.51. The number of hydrogen-bond acceptors (Lipinski definition) is 1. The highest BCUT2D eigenvalue weighted by Gasteiger charge is 1.99. The summed E-state index contributed by atoms with van der Waals surface area (Å²) in [5.74, 6) is 0.634. The molecule has 0 radical (unpaired) electrons. The summed E-state index contributed by atoms with van der Waals surface area (Å²) in [6.07, 6.45) is 1.10. The molecule has 0 saturated carbocycles. The highest BCUT2D eigenvalue weighted by Crippen LogP contribution is 2.00. The smallest absolute Gasteiger partial charge is 0.0360 e. The second-order valence-corrected chi connectivity index (χ2v) is 2.47. The van der Waals surface area contributed by atoms with Crippen molar-refractivity contribution in [2.75, 3.05) is 6.54 Å². The largest absolute Gasteiger partial charge is 0.294 e. The molecule has 0 aliphatic heterocycles. The van der Waals surface area contributed by atoms with Crippen LogP contribution in [0.2, 0.25) is 0 Å². The molecular weight excluding hydrogens is 110 g/mol. The molecule has 54 valence electrons. The van der Waals surface area contributed by atoms with Gasteiger partial charge in [-0.05, 0) is 19.3 Å². The molecule has 0 fully saturated rings. The van der Waals surface area contributed by atoms with E-state index in [-0.39, 0.29) is 0 Å². The van der Waals surface area contributed by atoms with Crippen molar-refractivity contribution in [2.45, 2.75) is 34.1 Å². The molecule has 0 aromatic heterocycles. The minimum absolute atomic E-state index is 0.634. The van der Waals surface area contributed by atoms with Crippen LogP contribution in [-0.2, 0) is 0 Å². The average molecular weight is 127 g/mol. The zero-order chi connectivity index (χ0) is 7.28. The van der Waals surface area contributed by atoms with Gasteiger partial charge in [0, 0.05) is 12.3 Å². The molecule has 0 aromatic carbocycles. The number of aliphatic imine (C=N–C) groups is 1. The molecule has 0 atom stereocenters. The van der Waals surface area contributed by atoms with Crippen molar-refractivity contribution in [1.29, 1.82) is 0 Å². The molecule has 1 nitrogen and oxygen atoms in total. The lowest BCUT2D eigenvalue weighted by Crippen LogP contribution is -2.05. The SMILES string of the molecule is CCN=C(CC)C(C)C. The van der Waals surface area contributed by atoms with Gasteiger partial charge in [-0.2, -0.15) is 0 Å². The maximum Gasteiger partial charge on any atom is 0.0360 e. The molecule has 0 aliphatic rings. The van der Waals surface area contributed by atoms with Crippen molar-refractivity contribution in [1.82, 2.24) is 0 Å². The molecule has 0 amide bonds. The van der Waals surface area contributed by atoms with Crippen LogP contribution < -0.4 is 0 Å². The molecule has 0 heterocycles. The summed E-state index contributed by atoms with van der Waals surface area (Å²) in [4.78, 5) is 4.36. The molecule has 0 aromatic rings. The van der Waals surface area contributed by atoms with Crippen LogP contribution in [0.25, 0.3) is 0 Å². The Hall–Kier alpha value is -0.330. The van der Waals surface area contributed by atoms with Crippen LogP contribution in [0.3, 0.4) is 0 Å². The van der Waals surface area contributed by atoms with Crippen molar-refractivity contribution >= 4 is 5.71 Å². The van der Waals surface area contributed by atoms with Gasteiger partial charge in [-0.3, -0.25) is 4.99 Å². The minimum atomic E-state index is 0.634. The van der Waals surface area contributed by atoms with Crippen LogP contribution in [0.5, 0.6) is 0 Å². The van der Waals surface area contributed by atoms with E-state index in [2.05, 4.69) is 32.7 Å². The minimum Gasteiger partial charge on any atom is -0.294 e. The first-order chi connectivity index (χ1) is 4.22. The molecule has 0 bridgehead atoms. The molecule has 0 aliphatic carbocycles. The van der Waals surface area contributed by atoms with Crippen molar-refractivity contribution in [3.05, 3.63) is 0 Å². The lowest BCUT2D eigenvalue weighted by atomic mass is 10.1. The van der Waals surface area contributed by atoms with Crippen LogP contribution in [0.1, 0.15) is 34.1 Å². The summed E-state index contributed by atoms with van der Waals surface area (Å²) in [5.41, 5.74) is 1.34. The van der Waals surface area contributed by atoms with Crippen LogP contribution in [-0.4, -0.2) is 12.3 Å². The van der Waals surface area contributed by atoms with E-state index in [9.17, 15) is 0 Å². The fourth-order valence-corrected chi connectivity index (χ4v) is 0.906. The Labute approximate surface area is 58.2 Å². The molecule has 9 heavy (non-hydrogen) atoms. The Balaban J connectivity index is 3.81. The zero-order valence-corrected chi connectivity index (χ0v) is 6.94. The average Bonchev–Trinajstić information content (AvgIpc) is 1.82. The molecule has 0 spiro atoms. The summed E-state index contributed by atoms with van der Waals surface area (Å²) < 4.78 is 0. The Bertz CT molecular complexity index is 92.7. The quantitative estimate of drug-likeness (QED) is 0.516. The van der Waals surface area contributed by atoms with E-state index in [1.54, 1.807) is 0 Å². The molecule has 1 heteroatoms. The molecule has 0 unspecified atom stereocenters. The molecule has 0 rings (SSSR count). The third kappa shape index (κ3) is 3.28. The van der Waals surface area contributed by atoms with Crippen LogP contribution in [0, 0.1) is 5.92 Å². The van der Waals surface area contributed by atoms with Gasteiger partial charge in [0.05, 0.1) is 0 Å². The first-order valence-electron chi connectivity index (χ1n) is 3.75. The summed E-state index contributed by atoms with van der Waals surface area (Å²) in [6, 6.07) is 0. The van der Waals surface area contributed by atoms with Crippen molar-refractivity contribution in [3.8, 4) is 0 Å². The van der Waals surface area contributed by atoms with Gasteiger partial charge >= 0.3 is 0 Å². The van der Waals surface area contributed by atoms with Gasteiger partial charge in [0.25, 0.3) is 0 Å². The maximum absolute atomic E-state index is 4.36. The topological polar surface area (TPSA) is 12.4 Å². The zero-order valence-electron chi connectivity index (χ0n) is 6.94. The summed E-state index contributed by atoms with van der Waals surface area (Å²) in [7, 11) is 0. The fourth-order valence-electron chi connectivity index (χ4n) is 0.906. The molecular formula is C8H17N. The Morgan fingerprint density at radius 1 is 1.33 bits per heavy atom. The first-order valence-corrected chi connectivity index (χ1v) is 3.75. The van der Waals surface area contributed by atoms with E-state index in [1.165, 1.54) is 5.71 Å². The van der Waals surface area contributed by atoms with Gasteiger partial charge < -0.3 is 0 Å². The van der Waals surface area contributed by atoms with E-state index >= 15 is 0 Å². The van der Waals surface area contributed by atoms with E-state index in [0.29, 0.717) is 5.92 Å². The second-order valence-electron chi connectivity index (χ2n) is 2.47. The fraction of sp³-hybridized carbons (Fsp3) is 0.875. The standard InChI is InChI=1S/C8H17N/c1-5-8(7(3)4)9-6-2/h7H,5-6H2,1-4H3. The van der Waals surface area contributed by atoms with Gasteiger partial charge in [-0.1, -0.05) is 20.8 Å². The summed E-state index contributed by atoms with van der Waals surface area (Å²) in [5, 5.41) is 0. The van der Waals surface area contributed by atoms with Gasteiger partial charge in [-0.25, -0.2) is 0 Å². The van der Waals surface area contributed by atoms with Gasteiger partial charge in [0.15, 0.2) is 0 Å². The lowest BCUT2D eigenvalue weighted by molar-refractivity contribution is 0.845. The number of nitrogens with zero attached hydrogens (tertiary/aromatic N) is 1. The highest BCUT2D eigenvalue weighted by molar-refractivity contribution is 5.85. The second kappa shape index (κ2) is 4.54. The van der Waals surface area contributed by atoms with Gasteiger partial charge in [0.2, 0.25) is 0 Å². The van der Waals surface area contributed by atoms with Crippen molar-refractivity contribution < 1.29 is 0 Å². The van der Waals surface area contributed by atoms with Crippen LogP contribution in [0.15, 0.2) is 4.99 Å². The molecule has 0 N–H and O–H groups in total.